The third-order valence-electron chi connectivity index (χ3n) is 5.41. The molecule has 3 N–H and O–H groups in total. The van der Waals surface area contributed by atoms with Crippen molar-refractivity contribution in [3.8, 4) is 0 Å². The minimum absolute atomic E-state index is 0.0842. The Balaban J connectivity index is 1.56. The summed E-state index contributed by atoms with van der Waals surface area (Å²) in [6.45, 7) is 4.33. The van der Waals surface area contributed by atoms with Crippen LogP contribution < -0.4 is 10.6 Å². The standard InChI is InChI=1S/C20H23N3O2/c24-19(25)21-11-16-7-4-8-17-18(16)20(13-22-17)9-10-23(14-20)12-15-5-2-1-3-6-15/h1-8,21-22H,9-14H2,(H,24,25). The second-order valence-electron chi connectivity index (χ2n) is 7.08. The van der Waals surface area contributed by atoms with Crippen molar-refractivity contribution >= 4 is 11.8 Å². The van der Waals surface area contributed by atoms with Gasteiger partial charge in [-0.2, -0.15) is 0 Å². The van der Waals surface area contributed by atoms with Gasteiger partial charge in [0, 0.05) is 37.3 Å². The van der Waals surface area contributed by atoms with E-state index in [1.54, 1.807) is 0 Å². The van der Waals surface area contributed by atoms with Crippen LogP contribution in [0.15, 0.2) is 48.5 Å². The largest absolute Gasteiger partial charge is 0.465 e. The lowest BCUT2D eigenvalue weighted by Gasteiger charge is -2.26. The van der Waals surface area contributed by atoms with E-state index in [9.17, 15) is 4.79 Å². The van der Waals surface area contributed by atoms with Gasteiger partial charge in [-0.25, -0.2) is 4.79 Å². The second-order valence-corrected chi connectivity index (χ2v) is 7.08. The van der Waals surface area contributed by atoms with E-state index in [-0.39, 0.29) is 5.41 Å². The van der Waals surface area contributed by atoms with Gasteiger partial charge in [-0.15, -0.1) is 0 Å². The van der Waals surface area contributed by atoms with E-state index in [2.05, 4.69) is 45.9 Å². The van der Waals surface area contributed by atoms with Crippen molar-refractivity contribution in [1.29, 1.82) is 0 Å². The molecule has 1 amide bonds. The Hall–Kier alpha value is -2.53. The van der Waals surface area contributed by atoms with Crippen LogP contribution in [0.2, 0.25) is 0 Å². The molecule has 2 heterocycles. The van der Waals surface area contributed by atoms with E-state index < -0.39 is 6.09 Å². The molecule has 2 aromatic carbocycles. The van der Waals surface area contributed by atoms with E-state index >= 15 is 0 Å². The molecule has 0 aliphatic carbocycles. The van der Waals surface area contributed by atoms with Crippen molar-refractivity contribution in [3.63, 3.8) is 0 Å². The molecule has 4 rings (SSSR count). The van der Waals surface area contributed by atoms with E-state index in [1.165, 1.54) is 11.1 Å². The number of rotatable bonds is 4. The fourth-order valence-corrected chi connectivity index (χ4v) is 4.33. The Bertz CT molecular complexity index is 778. The molecule has 130 valence electrons. The lowest BCUT2D eigenvalue weighted by atomic mass is 9.79. The Kier molecular flexibility index (Phi) is 4.09. The molecule has 0 radical (unpaired) electrons. The normalized spacial score (nSPS) is 21.9. The number of amides is 1. The highest BCUT2D eigenvalue weighted by Gasteiger charge is 2.45. The van der Waals surface area contributed by atoms with Crippen molar-refractivity contribution in [1.82, 2.24) is 10.2 Å². The number of carbonyl (C=O) groups is 1. The Morgan fingerprint density at radius 1 is 1.20 bits per heavy atom. The first-order valence-corrected chi connectivity index (χ1v) is 8.76. The zero-order valence-corrected chi connectivity index (χ0v) is 14.2. The number of nitrogens with one attached hydrogen (secondary N) is 2. The molecule has 1 spiro atoms. The van der Waals surface area contributed by atoms with E-state index in [0.717, 1.165) is 43.9 Å². The Labute approximate surface area is 147 Å². The van der Waals surface area contributed by atoms with Gasteiger partial charge in [0.25, 0.3) is 0 Å². The van der Waals surface area contributed by atoms with Gasteiger partial charge in [0.15, 0.2) is 0 Å². The summed E-state index contributed by atoms with van der Waals surface area (Å²) < 4.78 is 0. The molecule has 1 fully saturated rings. The van der Waals surface area contributed by atoms with Gasteiger partial charge < -0.3 is 15.7 Å². The van der Waals surface area contributed by atoms with Gasteiger partial charge in [0.2, 0.25) is 0 Å². The molecule has 2 aliphatic heterocycles. The highest BCUT2D eigenvalue weighted by molar-refractivity contribution is 5.67. The fourth-order valence-electron chi connectivity index (χ4n) is 4.33. The third kappa shape index (κ3) is 3.07. The molecule has 25 heavy (non-hydrogen) atoms. The Morgan fingerprint density at radius 2 is 2.04 bits per heavy atom. The molecule has 0 bridgehead atoms. The number of likely N-dealkylation sites (tertiary alicyclic amines) is 1. The van der Waals surface area contributed by atoms with Gasteiger partial charge in [-0.05, 0) is 35.7 Å². The highest BCUT2D eigenvalue weighted by atomic mass is 16.4. The first-order chi connectivity index (χ1) is 12.2. The summed E-state index contributed by atoms with van der Waals surface area (Å²) in [5.74, 6) is 0. The summed E-state index contributed by atoms with van der Waals surface area (Å²) >= 11 is 0. The monoisotopic (exact) mass is 337 g/mol. The Morgan fingerprint density at radius 3 is 2.84 bits per heavy atom. The second kappa shape index (κ2) is 6.41. The minimum atomic E-state index is -0.977. The fraction of sp³-hybridized carbons (Fsp3) is 0.350. The zero-order valence-electron chi connectivity index (χ0n) is 14.2. The maximum Gasteiger partial charge on any atom is 0.404 e. The average Bonchev–Trinajstić information content (AvgIpc) is 3.19. The van der Waals surface area contributed by atoms with Crippen LogP contribution in [-0.4, -0.2) is 35.7 Å². The first kappa shape index (κ1) is 16.0. The summed E-state index contributed by atoms with van der Waals surface area (Å²) in [5.41, 5.74) is 4.98. The van der Waals surface area contributed by atoms with Crippen molar-refractivity contribution in [2.45, 2.75) is 24.9 Å². The minimum Gasteiger partial charge on any atom is -0.465 e. The number of carboxylic acid groups (broad SMARTS) is 1. The summed E-state index contributed by atoms with van der Waals surface area (Å²) in [5, 5.41) is 15.0. The van der Waals surface area contributed by atoms with Crippen LogP contribution >= 0.6 is 0 Å². The number of hydrogen-bond acceptors (Lipinski definition) is 3. The molecule has 2 aliphatic rings. The molecule has 5 nitrogen and oxygen atoms in total. The van der Waals surface area contributed by atoms with Crippen molar-refractivity contribution < 1.29 is 9.90 Å². The topological polar surface area (TPSA) is 64.6 Å². The van der Waals surface area contributed by atoms with Crippen molar-refractivity contribution in [3.05, 3.63) is 65.2 Å². The van der Waals surface area contributed by atoms with Crippen LogP contribution in [-0.2, 0) is 18.5 Å². The molecule has 0 saturated carbocycles. The molecule has 2 aromatic rings. The van der Waals surface area contributed by atoms with E-state index in [0.29, 0.717) is 6.54 Å². The number of benzene rings is 2. The van der Waals surface area contributed by atoms with Gasteiger partial charge >= 0.3 is 6.09 Å². The third-order valence-corrected chi connectivity index (χ3v) is 5.41. The van der Waals surface area contributed by atoms with Crippen LogP contribution in [0.5, 0.6) is 0 Å². The number of anilines is 1. The highest BCUT2D eigenvalue weighted by Crippen LogP contribution is 2.45. The van der Waals surface area contributed by atoms with Crippen molar-refractivity contribution in [2.24, 2.45) is 0 Å². The molecule has 5 heteroatoms. The lowest BCUT2D eigenvalue weighted by molar-refractivity contribution is 0.194. The summed E-state index contributed by atoms with van der Waals surface area (Å²) in [6, 6.07) is 16.7. The molecular weight excluding hydrogens is 314 g/mol. The lowest BCUT2D eigenvalue weighted by Crippen LogP contribution is -2.34. The van der Waals surface area contributed by atoms with Gasteiger partial charge in [0.1, 0.15) is 0 Å². The predicted molar refractivity (Wildman–Crippen MR) is 97.8 cm³/mol. The molecule has 1 atom stereocenters. The SMILES string of the molecule is O=C(O)NCc1cccc2c1C1(CCN(Cc3ccccc3)C1)CN2. The average molecular weight is 337 g/mol. The summed E-state index contributed by atoms with van der Waals surface area (Å²) in [6.07, 6.45) is 0.124. The number of fused-ring (bicyclic) bond motifs is 2. The van der Waals surface area contributed by atoms with Crippen LogP contribution in [0.25, 0.3) is 0 Å². The summed E-state index contributed by atoms with van der Waals surface area (Å²) in [4.78, 5) is 13.4. The summed E-state index contributed by atoms with van der Waals surface area (Å²) in [7, 11) is 0. The maximum atomic E-state index is 10.9. The zero-order chi connectivity index (χ0) is 17.3. The van der Waals surface area contributed by atoms with Crippen LogP contribution in [0.4, 0.5) is 10.5 Å². The number of nitrogens with zero attached hydrogens (tertiary/aromatic N) is 1. The molecular formula is C20H23N3O2. The smallest absolute Gasteiger partial charge is 0.404 e. The maximum absolute atomic E-state index is 10.9. The van der Waals surface area contributed by atoms with Gasteiger partial charge in [-0.1, -0.05) is 42.5 Å². The predicted octanol–water partition coefficient (Wildman–Crippen LogP) is 3.02. The van der Waals surface area contributed by atoms with E-state index in [4.69, 9.17) is 5.11 Å². The quantitative estimate of drug-likeness (QED) is 0.802. The van der Waals surface area contributed by atoms with Crippen LogP contribution in [0.1, 0.15) is 23.1 Å². The van der Waals surface area contributed by atoms with E-state index in [1.807, 2.05) is 18.2 Å². The van der Waals surface area contributed by atoms with Crippen LogP contribution in [0, 0.1) is 0 Å². The van der Waals surface area contributed by atoms with Gasteiger partial charge in [0.05, 0.1) is 0 Å². The molecule has 1 unspecified atom stereocenters. The van der Waals surface area contributed by atoms with Crippen molar-refractivity contribution in [2.75, 3.05) is 25.0 Å². The molecule has 0 aromatic heterocycles. The van der Waals surface area contributed by atoms with Crippen LogP contribution in [0.3, 0.4) is 0 Å². The molecule has 1 saturated heterocycles. The van der Waals surface area contributed by atoms with Gasteiger partial charge in [-0.3, -0.25) is 4.90 Å². The number of hydrogen-bond donors (Lipinski definition) is 3. The first-order valence-electron chi connectivity index (χ1n) is 8.76.